The van der Waals surface area contributed by atoms with Crippen LogP contribution in [-0.4, -0.2) is 21.8 Å². The summed E-state index contributed by atoms with van der Waals surface area (Å²) in [6.45, 7) is 11.8. The second kappa shape index (κ2) is 6.84. The maximum Gasteiger partial charge on any atom is 0.130 e. The Bertz CT molecular complexity index is 353. The van der Waals surface area contributed by atoms with Gasteiger partial charge < -0.3 is 5.32 Å². The van der Waals surface area contributed by atoms with E-state index in [1.165, 1.54) is 0 Å². The van der Waals surface area contributed by atoms with E-state index in [0.29, 0.717) is 11.2 Å². The Kier molecular flexibility index (Phi) is 5.75. The zero-order valence-electron chi connectivity index (χ0n) is 11.4. The second-order valence-corrected chi connectivity index (χ2v) is 6.03. The molecule has 0 aliphatic rings. The van der Waals surface area contributed by atoms with E-state index < -0.39 is 0 Å². The third-order valence-electron chi connectivity index (χ3n) is 2.62. The molecular formula is C13H23N3S. The molecule has 0 saturated carbocycles. The van der Waals surface area contributed by atoms with Gasteiger partial charge in [-0.2, -0.15) is 0 Å². The summed E-state index contributed by atoms with van der Waals surface area (Å²) >= 11 is 1.82. The van der Waals surface area contributed by atoms with Crippen molar-refractivity contribution in [1.82, 2.24) is 9.97 Å². The SMILES string of the molecule is CCCNc1cc(SC(C)C(C)C)nc(C)n1. The quantitative estimate of drug-likeness (QED) is 0.619. The monoisotopic (exact) mass is 253 g/mol. The molecule has 0 aromatic carbocycles. The van der Waals surface area contributed by atoms with E-state index in [9.17, 15) is 0 Å². The third-order valence-corrected chi connectivity index (χ3v) is 3.98. The van der Waals surface area contributed by atoms with Crippen LogP contribution in [-0.2, 0) is 0 Å². The van der Waals surface area contributed by atoms with Crippen LogP contribution in [0.3, 0.4) is 0 Å². The lowest BCUT2D eigenvalue weighted by atomic mass is 10.2. The predicted molar refractivity (Wildman–Crippen MR) is 75.7 cm³/mol. The summed E-state index contributed by atoms with van der Waals surface area (Å²) in [7, 11) is 0. The molecule has 1 heterocycles. The molecule has 1 aromatic heterocycles. The van der Waals surface area contributed by atoms with Crippen molar-refractivity contribution >= 4 is 17.6 Å². The minimum atomic E-state index is 0.573. The molecule has 1 rings (SSSR count). The first-order chi connectivity index (χ1) is 8.02. The van der Waals surface area contributed by atoms with E-state index in [1.807, 2.05) is 24.8 Å². The highest BCUT2D eigenvalue weighted by molar-refractivity contribution is 7.99. The lowest BCUT2D eigenvalue weighted by molar-refractivity contribution is 0.641. The molecule has 1 atom stereocenters. The fraction of sp³-hybridized carbons (Fsp3) is 0.692. The highest BCUT2D eigenvalue weighted by Gasteiger charge is 2.11. The fourth-order valence-electron chi connectivity index (χ4n) is 1.27. The minimum Gasteiger partial charge on any atom is -0.370 e. The molecule has 0 aliphatic heterocycles. The first-order valence-corrected chi connectivity index (χ1v) is 7.17. The third kappa shape index (κ3) is 4.94. The molecular weight excluding hydrogens is 230 g/mol. The summed E-state index contributed by atoms with van der Waals surface area (Å²) in [5, 5.41) is 4.95. The van der Waals surface area contributed by atoms with Crippen molar-refractivity contribution in [3.8, 4) is 0 Å². The van der Waals surface area contributed by atoms with Crippen LogP contribution in [0.5, 0.6) is 0 Å². The van der Waals surface area contributed by atoms with E-state index in [4.69, 9.17) is 0 Å². The van der Waals surface area contributed by atoms with Gasteiger partial charge in [-0.25, -0.2) is 9.97 Å². The van der Waals surface area contributed by atoms with Gasteiger partial charge in [-0.15, -0.1) is 11.8 Å². The number of anilines is 1. The molecule has 4 heteroatoms. The Hall–Kier alpha value is -0.770. The number of rotatable bonds is 6. The number of aromatic nitrogens is 2. The van der Waals surface area contributed by atoms with Crippen molar-refractivity contribution in [1.29, 1.82) is 0 Å². The molecule has 0 fully saturated rings. The van der Waals surface area contributed by atoms with Crippen molar-refractivity contribution in [2.75, 3.05) is 11.9 Å². The average molecular weight is 253 g/mol. The number of nitrogens with one attached hydrogen (secondary N) is 1. The number of aryl methyl sites for hydroxylation is 1. The predicted octanol–water partition coefficient (Wildman–Crippen LogP) is 3.74. The summed E-state index contributed by atoms with van der Waals surface area (Å²) < 4.78 is 0. The molecule has 0 saturated heterocycles. The van der Waals surface area contributed by atoms with Gasteiger partial charge in [0.1, 0.15) is 16.7 Å². The van der Waals surface area contributed by atoms with E-state index in [0.717, 1.165) is 29.6 Å². The van der Waals surface area contributed by atoms with Gasteiger partial charge in [0.15, 0.2) is 0 Å². The smallest absolute Gasteiger partial charge is 0.130 e. The Morgan fingerprint density at radius 1 is 1.29 bits per heavy atom. The van der Waals surface area contributed by atoms with E-state index >= 15 is 0 Å². The van der Waals surface area contributed by atoms with Crippen LogP contribution >= 0.6 is 11.8 Å². The summed E-state index contributed by atoms with van der Waals surface area (Å²) in [6, 6.07) is 2.05. The molecule has 0 radical (unpaired) electrons. The molecule has 1 aromatic rings. The summed E-state index contributed by atoms with van der Waals surface area (Å²) in [5.74, 6) is 2.43. The van der Waals surface area contributed by atoms with Crippen LogP contribution in [0.25, 0.3) is 0 Å². The molecule has 96 valence electrons. The van der Waals surface area contributed by atoms with E-state index in [1.54, 1.807) is 0 Å². The van der Waals surface area contributed by atoms with Crippen LogP contribution in [0.1, 0.15) is 39.9 Å². The topological polar surface area (TPSA) is 37.8 Å². The molecule has 0 spiro atoms. The number of hydrogen-bond donors (Lipinski definition) is 1. The lowest BCUT2D eigenvalue weighted by Gasteiger charge is -2.15. The first-order valence-electron chi connectivity index (χ1n) is 6.29. The Balaban J connectivity index is 2.74. The molecule has 0 bridgehead atoms. The van der Waals surface area contributed by atoms with E-state index in [2.05, 4.69) is 43.0 Å². The number of thioether (sulfide) groups is 1. The van der Waals surface area contributed by atoms with Gasteiger partial charge in [0.25, 0.3) is 0 Å². The van der Waals surface area contributed by atoms with Crippen molar-refractivity contribution in [2.24, 2.45) is 5.92 Å². The molecule has 17 heavy (non-hydrogen) atoms. The Labute approximate surface area is 109 Å². The normalized spacial score (nSPS) is 12.8. The summed E-state index contributed by atoms with van der Waals surface area (Å²) in [5.41, 5.74) is 0. The summed E-state index contributed by atoms with van der Waals surface area (Å²) in [4.78, 5) is 8.86. The highest BCUT2D eigenvalue weighted by Crippen LogP contribution is 2.27. The van der Waals surface area contributed by atoms with Crippen molar-refractivity contribution < 1.29 is 0 Å². The maximum atomic E-state index is 4.48. The summed E-state index contributed by atoms with van der Waals surface area (Å²) in [6.07, 6.45) is 1.11. The van der Waals surface area contributed by atoms with Crippen molar-refractivity contribution in [2.45, 2.75) is 51.3 Å². The maximum absolute atomic E-state index is 4.48. The van der Waals surface area contributed by atoms with Gasteiger partial charge in [-0.1, -0.05) is 27.7 Å². The molecule has 3 nitrogen and oxygen atoms in total. The fourth-order valence-corrected chi connectivity index (χ4v) is 2.29. The van der Waals surface area contributed by atoms with Gasteiger partial charge in [0, 0.05) is 17.9 Å². The van der Waals surface area contributed by atoms with Gasteiger partial charge in [0.2, 0.25) is 0 Å². The van der Waals surface area contributed by atoms with E-state index in [-0.39, 0.29) is 0 Å². The van der Waals surface area contributed by atoms with Crippen molar-refractivity contribution in [3.05, 3.63) is 11.9 Å². The van der Waals surface area contributed by atoms with Crippen LogP contribution in [0.15, 0.2) is 11.1 Å². The zero-order valence-corrected chi connectivity index (χ0v) is 12.3. The standard InChI is InChI=1S/C13H23N3S/c1-6-7-14-12-8-13(16-11(5)15-12)17-10(4)9(2)3/h8-10H,6-7H2,1-5H3,(H,14,15,16). The molecule has 1 unspecified atom stereocenters. The van der Waals surface area contributed by atoms with Gasteiger partial charge >= 0.3 is 0 Å². The van der Waals surface area contributed by atoms with Crippen LogP contribution in [0.2, 0.25) is 0 Å². The van der Waals surface area contributed by atoms with Gasteiger partial charge in [-0.3, -0.25) is 0 Å². The highest BCUT2D eigenvalue weighted by atomic mass is 32.2. The molecule has 1 N–H and O–H groups in total. The van der Waals surface area contributed by atoms with Gasteiger partial charge in [0.05, 0.1) is 0 Å². The van der Waals surface area contributed by atoms with Crippen molar-refractivity contribution in [3.63, 3.8) is 0 Å². The van der Waals surface area contributed by atoms with Gasteiger partial charge in [-0.05, 0) is 19.3 Å². The minimum absolute atomic E-state index is 0.573. The van der Waals surface area contributed by atoms with Crippen LogP contribution < -0.4 is 5.32 Å². The Morgan fingerprint density at radius 2 is 2.00 bits per heavy atom. The van der Waals surface area contributed by atoms with Crippen LogP contribution in [0, 0.1) is 12.8 Å². The molecule has 0 amide bonds. The zero-order chi connectivity index (χ0) is 12.8. The Morgan fingerprint density at radius 3 is 2.59 bits per heavy atom. The average Bonchev–Trinajstić information content (AvgIpc) is 2.25. The number of nitrogens with zero attached hydrogens (tertiary/aromatic N) is 2. The largest absolute Gasteiger partial charge is 0.370 e. The lowest BCUT2D eigenvalue weighted by Crippen LogP contribution is -2.08. The van der Waals surface area contributed by atoms with Crippen LogP contribution in [0.4, 0.5) is 5.82 Å². The first kappa shape index (κ1) is 14.3. The molecule has 0 aliphatic carbocycles. The second-order valence-electron chi connectivity index (χ2n) is 4.63. The number of hydrogen-bond acceptors (Lipinski definition) is 4.